The van der Waals surface area contributed by atoms with Crippen molar-refractivity contribution in [1.29, 1.82) is 0 Å². The molecule has 2 heteroatoms. The molecule has 0 aliphatic carbocycles. The van der Waals surface area contributed by atoms with Crippen LogP contribution >= 0.6 is 0 Å². The molecule has 2 rings (SSSR count). The fourth-order valence-electron chi connectivity index (χ4n) is 1.94. The number of ether oxygens (including phenoxy) is 1. The van der Waals surface area contributed by atoms with Gasteiger partial charge in [-0.3, -0.25) is 0 Å². The summed E-state index contributed by atoms with van der Waals surface area (Å²) in [5.74, 6) is 0.605. The topological polar surface area (TPSA) is 38.5 Å². The maximum Gasteiger partial charge on any atom is 0.0867 e. The van der Waals surface area contributed by atoms with E-state index in [0.29, 0.717) is 18.1 Å². The highest BCUT2D eigenvalue weighted by Crippen LogP contribution is 2.30. The predicted octanol–water partition coefficient (Wildman–Crippen LogP) is 2.23. The maximum absolute atomic E-state index is 5.63. The zero-order valence-corrected chi connectivity index (χ0v) is 8.73. The number of epoxide rings is 1. The molecule has 1 aromatic carbocycles. The van der Waals surface area contributed by atoms with E-state index in [2.05, 4.69) is 26.0 Å². The maximum atomic E-state index is 5.63. The molecule has 2 N–H and O–H groups in total. The Morgan fingerprint density at radius 3 is 2.43 bits per heavy atom. The summed E-state index contributed by atoms with van der Waals surface area (Å²) in [6.45, 7) is 4.37. The Labute approximate surface area is 85.1 Å². The highest BCUT2D eigenvalue weighted by atomic mass is 16.6. The van der Waals surface area contributed by atoms with Gasteiger partial charge in [-0.25, -0.2) is 0 Å². The van der Waals surface area contributed by atoms with Crippen molar-refractivity contribution >= 4 is 5.69 Å². The molecule has 1 aliphatic heterocycles. The monoisotopic (exact) mass is 191 g/mol. The van der Waals surface area contributed by atoms with Crippen LogP contribution in [-0.4, -0.2) is 12.2 Å². The van der Waals surface area contributed by atoms with Gasteiger partial charge in [-0.15, -0.1) is 0 Å². The van der Waals surface area contributed by atoms with E-state index in [1.807, 2.05) is 12.1 Å². The fraction of sp³-hybridized carbons (Fsp3) is 0.500. The molecule has 14 heavy (non-hydrogen) atoms. The number of nitrogens with two attached hydrogens (primary N) is 1. The molecule has 0 amide bonds. The van der Waals surface area contributed by atoms with E-state index in [1.54, 1.807) is 0 Å². The normalized spacial score (nSPS) is 27.3. The van der Waals surface area contributed by atoms with Gasteiger partial charge in [0, 0.05) is 5.69 Å². The molecule has 0 radical (unpaired) electrons. The van der Waals surface area contributed by atoms with E-state index >= 15 is 0 Å². The number of benzene rings is 1. The summed E-state index contributed by atoms with van der Waals surface area (Å²) < 4.78 is 5.45. The van der Waals surface area contributed by atoms with Crippen molar-refractivity contribution < 1.29 is 4.74 Å². The van der Waals surface area contributed by atoms with Crippen LogP contribution in [0.4, 0.5) is 5.69 Å². The zero-order chi connectivity index (χ0) is 10.1. The van der Waals surface area contributed by atoms with Gasteiger partial charge in [-0.2, -0.15) is 0 Å². The summed E-state index contributed by atoms with van der Waals surface area (Å²) in [6.07, 6.45) is 2.00. The van der Waals surface area contributed by atoms with Crippen LogP contribution in [0, 0.1) is 5.92 Å². The van der Waals surface area contributed by atoms with Gasteiger partial charge in [0.05, 0.1) is 12.2 Å². The summed E-state index contributed by atoms with van der Waals surface area (Å²) in [7, 11) is 0. The van der Waals surface area contributed by atoms with Crippen molar-refractivity contribution in [3.05, 3.63) is 29.8 Å². The standard InChI is InChI=1S/C12H17NO/c1-8(12-9(2)14-12)7-10-3-5-11(13)6-4-10/h3-6,8-9,12H,7,13H2,1-2H3. The third kappa shape index (κ3) is 2.07. The second kappa shape index (κ2) is 3.62. The lowest BCUT2D eigenvalue weighted by Crippen LogP contribution is -2.08. The summed E-state index contributed by atoms with van der Waals surface area (Å²) in [6, 6.07) is 8.11. The van der Waals surface area contributed by atoms with Crippen LogP contribution in [-0.2, 0) is 11.2 Å². The Balaban J connectivity index is 1.93. The minimum absolute atomic E-state index is 0.457. The van der Waals surface area contributed by atoms with E-state index in [9.17, 15) is 0 Å². The molecule has 1 aliphatic rings. The van der Waals surface area contributed by atoms with Crippen LogP contribution in [0.15, 0.2) is 24.3 Å². The van der Waals surface area contributed by atoms with Gasteiger partial charge >= 0.3 is 0 Å². The van der Waals surface area contributed by atoms with Crippen LogP contribution in [0.2, 0.25) is 0 Å². The molecule has 3 unspecified atom stereocenters. The highest BCUT2D eigenvalue weighted by Gasteiger charge is 2.38. The molecule has 0 aromatic heterocycles. The number of anilines is 1. The van der Waals surface area contributed by atoms with E-state index in [0.717, 1.165) is 12.1 Å². The van der Waals surface area contributed by atoms with Crippen LogP contribution in [0.5, 0.6) is 0 Å². The predicted molar refractivity (Wildman–Crippen MR) is 58.1 cm³/mol. The second-order valence-corrected chi connectivity index (χ2v) is 4.23. The Kier molecular flexibility index (Phi) is 2.46. The lowest BCUT2D eigenvalue weighted by atomic mass is 9.97. The first-order valence-corrected chi connectivity index (χ1v) is 5.16. The first kappa shape index (κ1) is 9.53. The SMILES string of the molecule is CC(Cc1ccc(N)cc1)C1OC1C. The molecule has 0 bridgehead atoms. The van der Waals surface area contributed by atoms with Crippen LogP contribution in [0.25, 0.3) is 0 Å². The fourth-order valence-corrected chi connectivity index (χ4v) is 1.94. The molecule has 3 atom stereocenters. The van der Waals surface area contributed by atoms with E-state index < -0.39 is 0 Å². The van der Waals surface area contributed by atoms with Crippen molar-refractivity contribution in [2.45, 2.75) is 32.5 Å². The third-order valence-corrected chi connectivity index (χ3v) is 2.86. The van der Waals surface area contributed by atoms with Crippen molar-refractivity contribution in [1.82, 2.24) is 0 Å². The minimum atomic E-state index is 0.457. The number of hydrogen-bond donors (Lipinski definition) is 1. The molecule has 76 valence electrons. The average molecular weight is 191 g/mol. The Morgan fingerprint density at radius 2 is 1.93 bits per heavy atom. The van der Waals surface area contributed by atoms with E-state index in [-0.39, 0.29) is 0 Å². The van der Waals surface area contributed by atoms with E-state index in [4.69, 9.17) is 10.5 Å². The van der Waals surface area contributed by atoms with E-state index in [1.165, 1.54) is 5.56 Å². The Hall–Kier alpha value is -1.02. The molecule has 1 fully saturated rings. The van der Waals surface area contributed by atoms with Gasteiger partial charge in [0.25, 0.3) is 0 Å². The van der Waals surface area contributed by atoms with Gasteiger partial charge in [-0.05, 0) is 37.0 Å². The van der Waals surface area contributed by atoms with Gasteiger partial charge in [0.1, 0.15) is 0 Å². The number of nitrogen functional groups attached to an aromatic ring is 1. The third-order valence-electron chi connectivity index (χ3n) is 2.86. The minimum Gasteiger partial charge on any atom is -0.399 e. The Morgan fingerprint density at radius 1 is 1.36 bits per heavy atom. The summed E-state index contributed by atoms with van der Waals surface area (Å²) in [4.78, 5) is 0. The molecule has 0 saturated carbocycles. The average Bonchev–Trinajstić information content (AvgIpc) is 2.87. The number of hydrogen-bond acceptors (Lipinski definition) is 2. The first-order valence-electron chi connectivity index (χ1n) is 5.16. The van der Waals surface area contributed by atoms with Crippen molar-refractivity contribution in [2.24, 2.45) is 5.92 Å². The molecule has 1 saturated heterocycles. The van der Waals surface area contributed by atoms with Crippen LogP contribution in [0.1, 0.15) is 19.4 Å². The molecule has 2 nitrogen and oxygen atoms in total. The number of rotatable bonds is 3. The Bertz CT molecular complexity index is 307. The van der Waals surface area contributed by atoms with Gasteiger partial charge in [0.2, 0.25) is 0 Å². The van der Waals surface area contributed by atoms with Crippen molar-refractivity contribution in [3.63, 3.8) is 0 Å². The lowest BCUT2D eigenvalue weighted by Gasteiger charge is -2.08. The van der Waals surface area contributed by atoms with Crippen molar-refractivity contribution in [3.8, 4) is 0 Å². The summed E-state index contributed by atoms with van der Waals surface area (Å²) in [5, 5.41) is 0. The highest BCUT2D eigenvalue weighted by molar-refractivity contribution is 5.39. The van der Waals surface area contributed by atoms with Gasteiger partial charge in [0.15, 0.2) is 0 Å². The van der Waals surface area contributed by atoms with Gasteiger partial charge < -0.3 is 10.5 Å². The lowest BCUT2D eigenvalue weighted by molar-refractivity contribution is 0.328. The summed E-state index contributed by atoms with van der Waals surface area (Å²) in [5.41, 5.74) is 7.80. The quantitative estimate of drug-likeness (QED) is 0.587. The zero-order valence-electron chi connectivity index (χ0n) is 8.73. The molecular formula is C12H17NO. The molecule has 0 spiro atoms. The smallest absolute Gasteiger partial charge is 0.0867 e. The van der Waals surface area contributed by atoms with Gasteiger partial charge in [-0.1, -0.05) is 19.1 Å². The first-order chi connectivity index (χ1) is 6.66. The summed E-state index contributed by atoms with van der Waals surface area (Å²) >= 11 is 0. The second-order valence-electron chi connectivity index (χ2n) is 4.23. The molecule has 1 heterocycles. The largest absolute Gasteiger partial charge is 0.399 e. The molecule has 1 aromatic rings. The van der Waals surface area contributed by atoms with Crippen molar-refractivity contribution in [2.75, 3.05) is 5.73 Å². The molecular weight excluding hydrogens is 174 g/mol. The van der Waals surface area contributed by atoms with Crippen LogP contribution in [0.3, 0.4) is 0 Å². The van der Waals surface area contributed by atoms with Crippen LogP contribution < -0.4 is 5.73 Å².